The number of fused-ring (bicyclic) bond motifs is 1. The van der Waals surface area contributed by atoms with Crippen molar-refractivity contribution in [3.63, 3.8) is 0 Å². The van der Waals surface area contributed by atoms with Gasteiger partial charge in [0.15, 0.2) is 0 Å². The van der Waals surface area contributed by atoms with Gasteiger partial charge in [0.1, 0.15) is 11.3 Å². The summed E-state index contributed by atoms with van der Waals surface area (Å²) in [6, 6.07) is 3.82. The molecule has 0 bridgehead atoms. The molecule has 3 aromatic rings. The Morgan fingerprint density at radius 3 is 3.04 bits per heavy atom. The van der Waals surface area contributed by atoms with Gasteiger partial charge in [-0.3, -0.25) is 4.21 Å². The van der Waals surface area contributed by atoms with E-state index in [4.69, 9.17) is 4.42 Å². The van der Waals surface area contributed by atoms with Crippen LogP contribution >= 0.6 is 11.3 Å². The van der Waals surface area contributed by atoms with E-state index in [0.717, 1.165) is 40.3 Å². The number of hydrogen-bond donors (Lipinski definition) is 1. The average Bonchev–Trinajstić information content (AvgIpc) is 3.14. The molecule has 0 radical (unpaired) electrons. The largest absolute Gasteiger partial charge is 0.467 e. The van der Waals surface area contributed by atoms with Crippen molar-refractivity contribution >= 4 is 38.0 Å². The summed E-state index contributed by atoms with van der Waals surface area (Å²) in [6.45, 7) is 2.71. The Morgan fingerprint density at radius 2 is 2.30 bits per heavy atom. The first kappa shape index (κ1) is 16.1. The van der Waals surface area contributed by atoms with E-state index >= 15 is 0 Å². The molecule has 0 saturated heterocycles. The number of aryl methyl sites for hydroxylation is 2. The lowest BCUT2D eigenvalue weighted by Gasteiger charge is -2.04. The molecule has 0 aliphatic rings. The van der Waals surface area contributed by atoms with Crippen LogP contribution in [0.5, 0.6) is 0 Å². The van der Waals surface area contributed by atoms with Crippen molar-refractivity contribution in [3.8, 4) is 0 Å². The van der Waals surface area contributed by atoms with Gasteiger partial charge in [-0.05, 0) is 37.5 Å². The maximum atomic E-state index is 11.2. The number of anilines is 1. The molecule has 0 spiro atoms. The van der Waals surface area contributed by atoms with Crippen molar-refractivity contribution in [1.82, 2.24) is 10.2 Å². The van der Waals surface area contributed by atoms with Gasteiger partial charge in [0, 0.05) is 27.7 Å². The standard InChI is InChI=1S/C16H19N3O2S2/c1-11-14(6-4-8-23(2)20)22-16-13(10-18-19-15(11)16)17-9-12-5-3-7-21-12/h3,5,7,10H,4,6,8-9H2,1-2H3,(H,17,19). The van der Waals surface area contributed by atoms with E-state index in [9.17, 15) is 4.21 Å². The van der Waals surface area contributed by atoms with Gasteiger partial charge >= 0.3 is 0 Å². The smallest absolute Gasteiger partial charge is 0.122 e. The zero-order chi connectivity index (χ0) is 16.2. The summed E-state index contributed by atoms with van der Waals surface area (Å²) in [5.74, 6) is 1.62. The second-order valence-electron chi connectivity index (χ2n) is 5.40. The number of thiophene rings is 1. The molecule has 5 nitrogen and oxygen atoms in total. The molecule has 23 heavy (non-hydrogen) atoms. The Bertz CT molecular complexity index is 812. The minimum absolute atomic E-state index is 0.620. The fourth-order valence-electron chi connectivity index (χ4n) is 2.45. The Morgan fingerprint density at radius 1 is 1.43 bits per heavy atom. The van der Waals surface area contributed by atoms with Gasteiger partial charge in [-0.1, -0.05) is 0 Å². The van der Waals surface area contributed by atoms with E-state index in [0.29, 0.717) is 6.54 Å². The lowest BCUT2D eigenvalue weighted by atomic mass is 10.2. The number of nitrogens with zero attached hydrogens (tertiary/aromatic N) is 2. The molecule has 1 atom stereocenters. The van der Waals surface area contributed by atoms with Crippen molar-refractivity contribution in [1.29, 1.82) is 0 Å². The lowest BCUT2D eigenvalue weighted by Crippen LogP contribution is -1.99. The van der Waals surface area contributed by atoms with Crippen LogP contribution in [-0.2, 0) is 23.8 Å². The van der Waals surface area contributed by atoms with Crippen LogP contribution < -0.4 is 5.32 Å². The van der Waals surface area contributed by atoms with Crippen LogP contribution in [0.15, 0.2) is 29.0 Å². The monoisotopic (exact) mass is 349 g/mol. The molecule has 3 rings (SSSR count). The SMILES string of the molecule is Cc1c(CCCS(C)=O)sc2c(NCc3ccco3)cnnc12. The first-order valence-corrected chi connectivity index (χ1v) is 9.99. The molecule has 0 aromatic carbocycles. The number of aromatic nitrogens is 2. The predicted octanol–water partition coefficient (Wildman–Crippen LogP) is 3.52. The van der Waals surface area contributed by atoms with Crippen LogP contribution in [0.4, 0.5) is 5.69 Å². The molecule has 0 saturated carbocycles. The van der Waals surface area contributed by atoms with E-state index < -0.39 is 10.8 Å². The van der Waals surface area contributed by atoms with Crippen molar-refractivity contribution in [2.24, 2.45) is 0 Å². The van der Waals surface area contributed by atoms with Crippen LogP contribution in [0, 0.1) is 6.92 Å². The van der Waals surface area contributed by atoms with Gasteiger partial charge in [0.2, 0.25) is 0 Å². The van der Waals surface area contributed by atoms with E-state index in [1.165, 1.54) is 10.4 Å². The van der Waals surface area contributed by atoms with Crippen molar-refractivity contribution < 1.29 is 8.63 Å². The van der Waals surface area contributed by atoms with Crippen molar-refractivity contribution in [2.45, 2.75) is 26.3 Å². The summed E-state index contributed by atoms with van der Waals surface area (Å²) in [6.07, 6.45) is 7.04. The molecule has 0 aliphatic carbocycles. The summed E-state index contributed by atoms with van der Waals surface area (Å²) in [5.41, 5.74) is 3.11. The van der Waals surface area contributed by atoms with Crippen LogP contribution in [0.1, 0.15) is 22.6 Å². The number of nitrogens with one attached hydrogen (secondary N) is 1. The minimum atomic E-state index is -0.734. The first-order valence-electron chi connectivity index (χ1n) is 7.45. The molecule has 3 heterocycles. The second-order valence-corrected chi connectivity index (χ2v) is 8.06. The maximum absolute atomic E-state index is 11.2. The Labute approximate surface area is 141 Å². The molecule has 7 heteroatoms. The number of rotatable bonds is 7. The minimum Gasteiger partial charge on any atom is -0.467 e. The zero-order valence-electron chi connectivity index (χ0n) is 13.2. The van der Waals surface area contributed by atoms with Gasteiger partial charge in [-0.15, -0.1) is 16.4 Å². The highest BCUT2D eigenvalue weighted by molar-refractivity contribution is 7.84. The Balaban J connectivity index is 1.80. The van der Waals surface area contributed by atoms with Crippen molar-refractivity contribution in [3.05, 3.63) is 40.8 Å². The Kier molecular flexibility index (Phi) is 5.07. The topological polar surface area (TPSA) is 68.0 Å². The molecule has 1 N–H and O–H groups in total. The Hall–Kier alpha value is -1.73. The maximum Gasteiger partial charge on any atom is 0.122 e. The van der Waals surface area contributed by atoms with E-state index in [2.05, 4.69) is 22.4 Å². The molecular weight excluding hydrogens is 330 g/mol. The van der Waals surface area contributed by atoms with Gasteiger partial charge in [0.05, 0.1) is 29.4 Å². The van der Waals surface area contributed by atoms with Crippen LogP contribution in [0.2, 0.25) is 0 Å². The lowest BCUT2D eigenvalue weighted by molar-refractivity contribution is 0.518. The third kappa shape index (κ3) is 3.79. The highest BCUT2D eigenvalue weighted by Crippen LogP contribution is 2.34. The average molecular weight is 349 g/mol. The fourth-order valence-corrected chi connectivity index (χ4v) is 4.27. The van der Waals surface area contributed by atoms with Gasteiger partial charge in [-0.25, -0.2) is 0 Å². The van der Waals surface area contributed by atoms with Gasteiger partial charge in [-0.2, -0.15) is 5.10 Å². The third-order valence-corrected chi connectivity index (χ3v) is 5.91. The molecule has 0 fully saturated rings. The van der Waals surface area contributed by atoms with E-state index in [1.54, 1.807) is 30.1 Å². The molecule has 122 valence electrons. The zero-order valence-corrected chi connectivity index (χ0v) is 14.8. The molecule has 1 unspecified atom stereocenters. The van der Waals surface area contributed by atoms with Crippen molar-refractivity contribution in [2.75, 3.05) is 17.3 Å². The quantitative estimate of drug-likeness (QED) is 0.707. The summed E-state index contributed by atoms with van der Waals surface area (Å²) >= 11 is 1.74. The van der Waals surface area contributed by atoms with Gasteiger partial charge < -0.3 is 9.73 Å². The summed E-state index contributed by atoms with van der Waals surface area (Å²) in [4.78, 5) is 1.30. The predicted molar refractivity (Wildman–Crippen MR) is 95.4 cm³/mol. The van der Waals surface area contributed by atoms with E-state index in [-0.39, 0.29) is 0 Å². The van der Waals surface area contributed by atoms with Crippen LogP contribution in [0.3, 0.4) is 0 Å². The summed E-state index contributed by atoms with van der Waals surface area (Å²) in [5, 5.41) is 11.8. The molecule has 0 aliphatic heterocycles. The first-order chi connectivity index (χ1) is 11.1. The third-order valence-electron chi connectivity index (χ3n) is 3.67. The molecular formula is C16H19N3O2S2. The highest BCUT2D eigenvalue weighted by Gasteiger charge is 2.13. The number of furan rings is 1. The second kappa shape index (κ2) is 7.23. The normalized spacial score (nSPS) is 12.6. The van der Waals surface area contributed by atoms with E-state index in [1.807, 2.05) is 12.1 Å². The molecule has 0 amide bonds. The summed E-state index contributed by atoms with van der Waals surface area (Å²) < 4.78 is 17.7. The highest BCUT2D eigenvalue weighted by atomic mass is 32.2. The fraction of sp³-hybridized carbons (Fsp3) is 0.375. The van der Waals surface area contributed by atoms with Crippen LogP contribution in [0.25, 0.3) is 10.2 Å². The number of hydrogen-bond acceptors (Lipinski definition) is 6. The van der Waals surface area contributed by atoms with Crippen LogP contribution in [-0.4, -0.2) is 26.4 Å². The van der Waals surface area contributed by atoms with Gasteiger partial charge in [0.25, 0.3) is 0 Å². The summed E-state index contributed by atoms with van der Waals surface area (Å²) in [7, 11) is -0.734. The molecule has 3 aromatic heterocycles.